The van der Waals surface area contributed by atoms with Crippen molar-refractivity contribution in [2.24, 2.45) is 0 Å². The van der Waals surface area contributed by atoms with Gasteiger partial charge in [0.1, 0.15) is 12.4 Å². The summed E-state index contributed by atoms with van der Waals surface area (Å²) < 4.78 is 11.9. The number of rotatable bonds is 7. The molecule has 0 aliphatic carbocycles. The summed E-state index contributed by atoms with van der Waals surface area (Å²) in [5.74, 6) is 1.10. The van der Waals surface area contributed by atoms with Crippen molar-refractivity contribution in [1.29, 1.82) is 0 Å². The SMILES string of the molecule is CCc1c(C)nc(-c2ccc(Cl)cc2)n(CC(=O)Nc2ccc(OC)c(OC)c2)c1=O. The molecule has 0 unspecified atom stereocenters. The van der Waals surface area contributed by atoms with Crippen molar-refractivity contribution in [1.82, 2.24) is 9.55 Å². The standard InChI is InChI=1S/C23H24ClN3O4/c1-5-18-14(2)25-22(15-6-8-16(24)9-7-15)27(23(18)29)13-21(28)26-17-10-11-19(30-3)20(12-17)31-4/h6-12H,5,13H2,1-4H3,(H,26,28). The molecule has 2 aromatic carbocycles. The van der Waals surface area contributed by atoms with E-state index < -0.39 is 0 Å². The molecule has 3 rings (SSSR count). The molecule has 0 aliphatic heterocycles. The minimum absolute atomic E-state index is 0.189. The first-order valence-corrected chi connectivity index (χ1v) is 10.1. The number of anilines is 1. The van der Waals surface area contributed by atoms with Crippen LogP contribution in [0, 0.1) is 6.92 Å². The maximum Gasteiger partial charge on any atom is 0.257 e. The lowest BCUT2D eigenvalue weighted by molar-refractivity contribution is -0.116. The first kappa shape index (κ1) is 22.4. The highest BCUT2D eigenvalue weighted by Crippen LogP contribution is 2.29. The molecular formula is C23H24ClN3O4. The predicted octanol–water partition coefficient (Wildman–Crippen LogP) is 4.09. The summed E-state index contributed by atoms with van der Waals surface area (Å²) in [7, 11) is 3.06. The summed E-state index contributed by atoms with van der Waals surface area (Å²) in [5.41, 5.74) is 2.22. The van der Waals surface area contributed by atoms with Gasteiger partial charge < -0.3 is 14.8 Å². The molecule has 0 spiro atoms. The highest BCUT2D eigenvalue weighted by Gasteiger charge is 2.17. The molecule has 1 heterocycles. The van der Waals surface area contributed by atoms with Gasteiger partial charge in [-0.2, -0.15) is 0 Å². The van der Waals surface area contributed by atoms with Gasteiger partial charge in [-0.05, 0) is 49.7 Å². The molecule has 0 aliphatic rings. The smallest absolute Gasteiger partial charge is 0.257 e. The van der Waals surface area contributed by atoms with Crippen LogP contribution in [-0.4, -0.2) is 29.7 Å². The normalized spacial score (nSPS) is 10.6. The number of nitrogens with one attached hydrogen (secondary N) is 1. The molecule has 1 N–H and O–H groups in total. The van der Waals surface area contributed by atoms with Crippen molar-refractivity contribution < 1.29 is 14.3 Å². The number of hydrogen-bond acceptors (Lipinski definition) is 5. The lowest BCUT2D eigenvalue weighted by Crippen LogP contribution is -2.32. The van der Waals surface area contributed by atoms with E-state index in [2.05, 4.69) is 10.3 Å². The molecule has 0 radical (unpaired) electrons. The molecule has 31 heavy (non-hydrogen) atoms. The third-order valence-electron chi connectivity index (χ3n) is 4.89. The third kappa shape index (κ3) is 4.88. The van der Waals surface area contributed by atoms with Gasteiger partial charge in [0, 0.05) is 33.6 Å². The molecule has 8 heteroatoms. The Balaban J connectivity index is 1.97. The van der Waals surface area contributed by atoms with E-state index in [9.17, 15) is 9.59 Å². The Bertz CT molecular complexity index is 1160. The van der Waals surface area contributed by atoms with E-state index in [1.807, 2.05) is 6.92 Å². The van der Waals surface area contributed by atoms with Crippen LogP contribution in [-0.2, 0) is 17.8 Å². The van der Waals surface area contributed by atoms with Crippen molar-refractivity contribution in [2.75, 3.05) is 19.5 Å². The van der Waals surface area contributed by atoms with Crippen LogP contribution in [0.2, 0.25) is 5.02 Å². The summed E-state index contributed by atoms with van der Waals surface area (Å²) in [5, 5.41) is 3.38. The average Bonchev–Trinajstić information content (AvgIpc) is 2.76. The second-order valence-electron chi connectivity index (χ2n) is 6.87. The quantitative estimate of drug-likeness (QED) is 0.597. The topological polar surface area (TPSA) is 82.5 Å². The van der Waals surface area contributed by atoms with Crippen molar-refractivity contribution in [3.63, 3.8) is 0 Å². The zero-order valence-corrected chi connectivity index (χ0v) is 18.6. The maximum atomic E-state index is 13.1. The molecule has 0 saturated heterocycles. The lowest BCUT2D eigenvalue weighted by Gasteiger charge is -2.16. The molecule has 162 valence electrons. The van der Waals surface area contributed by atoms with Crippen molar-refractivity contribution in [3.05, 3.63) is 69.1 Å². The van der Waals surface area contributed by atoms with Crippen molar-refractivity contribution >= 4 is 23.2 Å². The molecule has 1 amide bonds. The Morgan fingerprint density at radius 2 is 1.77 bits per heavy atom. The number of ether oxygens (including phenoxy) is 2. The second-order valence-corrected chi connectivity index (χ2v) is 7.31. The van der Waals surface area contributed by atoms with Gasteiger partial charge in [0.2, 0.25) is 5.91 Å². The molecule has 0 fully saturated rings. The number of nitrogens with zero attached hydrogens (tertiary/aromatic N) is 2. The Kier molecular flexibility index (Phi) is 6.97. The van der Waals surface area contributed by atoms with Crippen molar-refractivity contribution in [3.8, 4) is 22.9 Å². The van der Waals surface area contributed by atoms with Crippen LogP contribution in [0.25, 0.3) is 11.4 Å². The summed E-state index contributed by atoms with van der Waals surface area (Å²) >= 11 is 6.00. The number of amides is 1. The fraction of sp³-hybridized carbons (Fsp3) is 0.261. The van der Waals surface area contributed by atoms with Gasteiger partial charge in [-0.3, -0.25) is 14.2 Å². The highest BCUT2D eigenvalue weighted by molar-refractivity contribution is 6.30. The lowest BCUT2D eigenvalue weighted by atomic mass is 10.1. The number of aromatic nitrogens is 2. The van der Waals surface area contributed by atoms with E-state index in [-0.39, 0.29) is 18.0 Å². The van der Waals surface area contributed by atoms with Crippen LogP contribution >= 0.6 is 11.6 Å². The maximum absolute atomic E-state index is 13.1. The van der Waals surface area contributed by atoms with Crippen molar-refractivity contribution in [2.45, 2.75) is 26.8 Å². The monoisotopic (exact) mass is 441 g/mol. The van der Waals surface area contributed by atoms with E-state index >= 15 is 0 Å². The van der Waals surface area contributed by atoms with Crippen LogP contribution in [0.1, 0.15) is 18.2 Å². The van der Waals surface area contributed by atoms with E-state index in [4.69, 9.17) is 21.1 Å². The van der Waals surface area contributed by atoms with Gasteiger partial charge in [0.15, 0.2) is 11.5 Å². The molecule has 0 atom stereocenters. The number of carbonyl (C=O) groups excluding carboxylic acids is 1. The van der Waals surface area contributed by atoms with E-state index in [1.54, 1.807) is 49.4 Å². The van der Waals surface area contributed by atoms with E-state index in [0.717, 1.165) is 0 Å². The van der Waals surface area contributed by atoms with Gasteiger partial charge >= 0.3 is 0 Å². The third-order valence-corrected chi connectivity index (χ3v) is 5.15. The van der Waals surface area contributed by atoms with Gasteiger partial charge in [-0.25, -0.2) is 4.98 Å². The van der Waals surface area contributed by atoms with Crippen LogP contribution in [0.5, 0.6) is 11.5 Å². The largest absolute Gasteiger partial charge is 0.493 e. The Morgan fingerprint density at radius 1 is 1.10 bits per heavy atom. The second kappa shape index (κ2) is 9.66. The molecule has 1 aromatic heterocycles. The highest BCUT2D eigenvalue weighted by atomic mass is 35.5. The number of methoxy groups -OCH3 is 2. The minimum Gasteiger partial charge on any atom is -0.493 e. The minimum atomic E-state index is -0.364. The number of hydrogen-bond donors (Lipinski definition) is 1. The van der Waals surface area contributed by atoms with E-state index in [0.29, 0.717) is 51.3 Å². The number of halogens is 1. The summed E-state index contributed by atoms with van der Waals surface area (Å²) in [4.78, 5) is 30.6. The van der Waals surface area contributed by atoms with E-state index in [1.165, 1.54) is 18.8 Å². The zero-order chi connectivity index (χ0) is 22.5. The van der Waals surface area contributed by atoms with Gasteiger partial charge in [-0.15, -0.1) is 0 Å². The molecule has 7 nitrogen and oxygen atoms in total. The first-order chi connectivity index (χ1) is 14.9. The van der Waals surface area contributed by atoms with Gasteiger partial charge in [0.25, 0.3) is 5.56 Å². The van der Waals surface area contributed by atoms with Gasteiger partial charge in [0.05, 0.1) is 14.2 Å². The Hall–Kier alpha value is -3.32. The Labute approximate surface area is 185 Å². The van der Waals surface area contributed by atoms with Crippen LogP contribution in [0.4, 0.5) is 5.69 Å². The Morgan fingerprint density at radius 3 is 2.39 bits per heavy atom. The fourth-order valence-corrected chi connectivity index (χ4v) is 3.46. The summed E-state index contributed by atoms with van der Waals surface area (Å²) in [6.07, 6.45) is 0.524. The number of aryl methyl sites for hydroxylation is 1. The molecular weight excluding hydrogens is 418 g/mol. The first-order valence-electron chi connectivity index (χ1n) is 9.76. The molecule has 0 saturated carbocycles. The average molecular weight is 442 g/mol. The van der Waals surface area contributed by atoms with Crippen LogP contribution in [0.15, 0.2) is 47.3 Å². The zero-order valence-electron chi connectivity index (χ0n) is 17.9. The summed E-state index contributed by atoms with van der Waals surface area (Å²) in [6.45, 7) is 3.50. The number of benzene rings is 2. The molecule has 3 aromatic rings. The molecule has 0 bridgehead atoms. The fourth-order valence-electron chi connectivity index (χ4n) is 3.33. The van der Waals surface area contributed by atoms with Crippen LogP contribution < -0.4 is 20.3 Å². The number of carbonyl (C=O) groups is 1. The predicted molar refractivity (Wildman–Crippen MR) is 121 cm³/mol. The van der Waals surface area contributed by atoms with Crippen LogP contribution in [0.3, 0.4) is 0 Å². The summed E-state index contributed by atoms with van der Waals surface area (Å²) in [6, 6.07) is 12.1. The van der Waals surface area contributed by atoms with Gasteiger partial charge in [-0.1, -0.05) is 18.5 Å².